The summed E-state index contributed by atoms with van der Waals surface area (Å²) in [5, 5.41) is 16.1. The van der Waals surface area contributed by atoms with Crippen LogP contribution in [0.4, 0.5) is 5.69 Å². The third kappa shape index (κ3) is 3.07. The number of ether oxygens (including phenoxy) is 1. The Morgan fingerprint density at radius 3 is 2.53 bits per heavy atom. The first-order valence-electron chi connectivity index (χ1n) is 11.1. The van der Waals surface area contributed by atoms with Crippen LogP contribution in [0.5, 0.6) is 0 Å². The summed E-state index contributed by atoms with van der Waals surface area (Å²) >= 11 is 5.96. The molecule has 32 heavy (non-hydrogen) atoms. The van der Waals surface area contributed by atoms with E-state index in [1.807, 2.05) is 20.8 Å². The standard InChI is InChI=1S/C23H30ClN3O5/c1-5-15(11-28)27-18(20(30)26-14-8-6-13(24)7-9-14)23-10-12(2)22(3,32-23)16(19(29)25-4)17(23)21(27)31/h6-9,12,15-18,28H,5,10-11H2,1-4H3,(H,25,29)(H,26,30)/t12?,15-,16-,17-,18?,22+,23?/m0/s1. The van der Waals surface area contributed by atoms with E-state index in [0.29, 0.717) is 23.6 Å². The second-order valence-corrected chi connectivity index (χ2v) is 9.74. The highest BCUT2D eigenvalue weighted by molar-refractivity contribution is 6.30. The molecule has 2 bridgehead atoms. The van der Waals surface area contributed by atoms with E-state index in [2.05, 4.69) is 10.6 Å². The third-order valence-electron chi connectivity index (χ3n) is 7.72. The fraction of sp³-hybridized carbons (Fsp3) is 0.609. The van der Waals surface area contributed by atoms with Gasteiger partial charge in [-0.3, -0.25) is 14.4 Å². The summed E-state index contributed by atoms with van der Waals surface area (Å²) in [7, 11) is 1.54. The van der Waals surface area contributed by atoms with E-state index in [0.717, 1.165) is 0 Å². The number of halogens is 1. The molecule has 0 aliphatic carbocycles. The van der Waals surface area contributed by atoms with Crippen molar-refractivity contribution in [1.29, 1.82) is 0 Å². The van der Waals surface area contributed by atoms with Crippen LogP contribution in [0, 0.1) is 17.8 Å². The highest BCUT2D eigenvalue weighted by Crippen LogP contribution is 2.65. The number of carbonyl (C=O) groups excluding carboxylic acids is 3. The van der Waals surface area contributed by atoms with E-state index in [1.165, 1.54) is 4.90 Å². The van der Waals surface area contributed by atoms with Crippen LogP contribution in [0.2, 0.25) is 5.02 Å². The second-order valence-electron chi connectivity index (χ2n) is 9.30. The fourth-order valence-electron chi connectivity index (χ4n) is 6.08. The summed E-state index contributed by atoms with van der Waals surface area (Å²) in [5.41, 5.74) is -1.45. The van der Waals surface area contributed by atoms with Crippen molar-refractivity contribution in [3.05, 3.63) is 29.3 Å². The molecule has 3 N–H and O–H groups in total. The maximum atomic E-state index is 13.8. The maximum Gasteiger partial charge on any atom is 0.250 e. The first-order chi connectivity index (χ1) is 15.1. The van der Waals surface area contributed by atoms with Crippen molar-refractivity contribution in [2.24, 2.45) is 17.8 Å². The molecule has 3 unspecified atom stereocenters. The average Bonchev–Trinajstić information content (AvgIpc) is 3.27. The Kier molecular flexibility index (Phi) is 5.76. The molecule has 1 spiro atoms. The number of hydrogen-bond acceptors (Lipinski definition) is 5. The van der Waals surface area contributed by atoms with E-state index in [9.17, 15) is 19.5 Å². The number of rotatable bonds is 6. The van der Waals surface area contributed by atoms with Crippen LogP contribution >= 0.6 is 11.6 Å². The zero-order valence-corrected chi connectivity index (χ0v) is 19.5. The number of hydrogen-bond donors (Lipinski definition) is 3. The second kappa shape index (κ2) is 8.01. The van der Waals surface area contributed by atoms with Gasteiger partial charge in [-0.15, -0.1) is 0 Å². The van der Waals surface area contributed by atoms with Crippen LogP contribution in [0.3, 0.4) is 0 Å². The minimum atomic E-state index is -1.14. The van der Waals surface area contributed by atoms with E-state index < -0.39 is 41.0 Å². The molecule has 3 aliphatic rings. The Bertz CT molecular complexity index is 936. The Hall–Kier alpha value is -2.16. The highest BCUT2D eigenvalue weighted by Gasteiger charge is 2.80. The minimum Gasteiger partial charge on any atom is -0.394 e. The monoisotopic (exact) mass is 463 g/mol. The predicted molar refractivity (Wildman–Crippen MR) is 119 cm³/mol. The normalized spacial score (nSPS) is 36.2. The van der Waals surface area contributed by atoms with Gasteiger partial charge in [0.05, 0.1) is 30.1 Å². The molecular weight excluding hydrogens is 434 g/mol. The maximum absolute atomic E-state index is 13.8. The van der Waals surface area contributed by atoms with Gasteiger partial charge in [0.25, 0.3) is 0 Å². The van der Waals surface area contributed by atoms with Crippen LogP contribution in [0.15, 0.2) is 24.3 Å². The molecule has 3 aliphatic heterocycles. The molecule has 1 aromatic rings. The number of aliphatic hydroxyl groups is 1. The van der Waals surface area contributed by atoms with Gasteiger partial charge in [0, 0.05) is 17.8 Å². The Labute approximate surface area is 192 Å². The Morgan fingerprint density at radius 1 is 1.31 bits per heavy atom. The first-order valence-corrected chi connectivity index (χ1v) is 11.4. The molecule has 8 nitrogen and oxygen atoms in total. The van der Waals surface area contributed by atoms with Crippen molar-refractivity contribution < 1.29 is 24.2 Å². The lowest BCUT2D eigenvalue weighted by molar-refractivity contribution is -0.149. The molecule has 0 aromatic heterocycles. The van der Waals surface area contributed by atoms with Crippen LogP contribution in [0.1, 0.15) is 33.6 Å². The fourth-order valence-corrected chi connectivity index (χ4v) is 6.21. The van der Waals surface area contributed by atoms with E-state index in [1.54, 1.807) is 31.3 Å². The van der Waals surface area contributed by atoms with Gasteiger partial charge in [0.15, 0.2) is 0 Å². The molecule has 4 rings (SSSR count). The van der Waals surface area contributed by atoms with E-state index in [-0.39, 0.29) is 24.3 Å². The molecular formula is C23H30ClN3O5. The molecule has 3 heterocycles. The van der Waals surface area contributed by atoms with E-state index in [4.69, 9.17) is 16.3 Å². The van der Waals surface area contributed by atoms with Gasteiger partial charge in [-0.25, -0.2) is 0 Å². The SMILES string of the molecule is CC[C@@H](CO)N1C(=O)[C@@H]2[C@@H](C(=O)NC)[C@]3(C)OC2(CC3C)C1C(=O)Nc1ccc(Cl)cc1. The van der Waals surface area contributed by atoms with Crippen LogP contribution in [-0.4, -0.2) is 64.7 Å². The number of nitrogens with one attached hydrogen (secondary N) is 2. The van der Waals surface area contributed by atoms with Gasteiger partial charge in [0.1, 0.15) is 11.6 Å². The number of fused-ring (bicyclic) bond motifs is 1. The lowest BCUT2D eigenvalue weighted by Gasteiger charge is -2.36. The van der Waals surface area contributed by atoms with Gasteiger partial charge in [-0.1, -0.05) is 25.4 Å². The van der Waals surface area contributed by atoms with Crippen molar-refractivity contribution in [3.8, 4) is 0 Å². The van der Waals surface area contributed by atoms with Crippen molar-refractivity contribution >= 4 is 35.0 Å². The molecule has 0 radical (unpaired) electrons. The lowest BCUT2D eigenvalue weighted by Crippen LogP contribution is -2.56. The predicted octanol–water partition coefficient (Wildman–Crippen LogP) is 1.81. The Morgan fingerprint density at radius 2 is 1.97 bits per heavy atom. The zero-order valence-electron chi connectivity index (χ0n) is 18.7. The number of nitrogens with zero attached hydrogens (tertiary/aromatic N) is 1. The molecule has 174 valence electrons. The first kappa shape index (κ1) is 23.0. The van der Waals surface area contributed by atoms with Gasteiger partial charge >= 0.3 is 0 Å². The van der Waals surface area contributed by atoms with Crippen molar-refractivity contribution in [1.82, 2.24) is 10.2 Å². The lowest BCUT2D eigenvalue weighted by atomic mass is 9.62. The minimum absolute atomic E-state index is 0.0335. The topological polar surface area (TPSA) is 108 Å². The van der Waals surface area contributed by atoms with Crippen LogP contribution in [0.25, 0.3) is 0 Å². The summed E-state index contributed by atoms with van der Waals surface area (Å²) in [5.74, 6) is -2.51. The summed E-state index contributed by atoms with van der Waals surface area (Å²) in [4.78, 5) is 41.8. The summed E-state index contributed by atoms with van der Waals surface area (Å²) in [6.45, 7) is 5.42. The highest BCUT2D eigenvalue weighted by atomic mass is 35.5. The molecule has 0 saturated carbocycles. The summed E-state index contributed by atoms with van der Waals surface area (Å²) in [6, 6.07) is 5.18. The van der Waals surface area contributed by atoms with Crippen molar-refractivity contribution in [3.63, 3.8) is 0 Å². The molecule has 1 aromatic carbocycles. The molecule has 3 amide bonds. The number of aliphatic hydroxyl groups excluding tert-OH is 1. The number of amides is 3. The van der Waals surface area contributed by atoms with Crippen molar-refractivity contribution in [2.75, 3.05) is 19.0 Å². The molecule has 3 saturated heterocycles. The summed E-state index contributed by atoms with van der Waals surface area (Å²) < 4.78 is 6.56. The quantitative estimate of drug-likeness (QED) is 0.596. The van der Waals surface area contributed by atoms with Gasteiger partial charge < -0.3 is 25.4 Å². The molecule has 3 fully saturated rings. The van der Waals surface area contributed by atoms with Crippen LogP contribution < -0.4 is 10.6 Å². The zero-order chi connectivity index (χ0) is 23.4. The number of anilines is 1. The van der Waals surface area contributed by atoms with Crippen LogP contribution in [-0.2, 0) is 19.1 Å². The van der Waals surface area contributed by atoms with Gasteiger partial charge in [0.2, 0.25) is 17.7 Å². The van der Waals surface area contributed by atoms with Gasteiger partial charge in [-0.05, 0) is 49.9 Å². The number of likely N-dealkylation sites (tertiary alicyclic amines) is 1. The van der Waals surface area contributed by atoms with E-state index >= 15 is 0 Å². The molecule has 7 atom stereocenters. The average molecular weight is 464 g/mol. The Balaban J connectivity index is 1.80. The number of benzene rings is 1. The van der Waals surface area contributed by atoms with Gasteiger partial charge in [-0.2, -0.15) is 0 Å². The third-order valence-corrected chi connectivity index (χ3v) is 7.97. The summed E-state index contributed by atoms with van der Waals surface area (Å²) in [6.07, 6.45) is 0.942. The number of carbonyl (C=O) groups is 3. The smallest absolute Gasteiger partial charge is 0.250 e. The van der Waals surface area contributed by atoms with Crippen molar-refractivity contribution in [2.45, 2.75) is 56.9 Å². The molecule has 9 heteroatoms. The largest absolute Gasteiger partial charge is 0.394 e.